The van der Waals surface area contributed by atoms with Crippen molar-refractivity contribution in [1.82, 2.24) is 14.9 Å². The Labute approximate surface area is 136 Å². The van der Waals surface area contributed by atoms with Gasteiger partial charge in [0.05, 0.1) is 6.26 Å². The number of sulfonamides is 1. The second-order valence-electron chi connectivity index (χ2n) is 5.71. The van der Waals surface area contributed by atoms with Crippen LogP contribution in [0, 0.1) is 5.82 Å². The van der Waals surface area contributed by atoms with Crippen molar-refractivity contribution in [3.8, 4) is 0 Å². The van der Waals surface area contributed by atoms with E-state index in [-0.39, 0.29) is 31.0 Å². The van der Waals surface area contributed by atoms with Crippen molar-refractivity contribution in [1.29, 1.82) is 0 Å². The van der Waals surface area contributed by atoms with Gasteiger partial charge in [-0.3, -0.25) is 0 Å². The molecule has 1 aromatic rings. The summed E-state index contributed by atoms with van der Waals surface area (Å²) in [5.74, 6) is -0.360. The molecule has 0 aliphatic carbocycles. The van der Waals surface area contributed by atoms with Crippen LogP contribution in [0.3, 0.4) is 0 Å². The van der Waals surface area contributed by atoms with Crippen LogP contribution in [0.15, 0.2) is 24.3 Å². The summed E-state index contributed by atoms with van der Waals surface area (Å²) in [4.78, 5) is 14.0. The topological polar surface area (TPSA) is 78.5 Å². The second-order valence-corrected chi connectivity index (χ2v) is 7.55. The van der Waals surface area contributed by atoms with E-state index in [9.17, 15) is 17.6 Å². The summed E-state index contributed by atoms with van der Waals surface area (Å²) in [7, 11) is -3.29. The molecular formula is C15H22FN3O3S. The quantitative estimate of drug-likeness (QED) is 0.849. The van der Waals surface area contributed by atoms with Gasteiger partial charge in [0.1, 0.15) is 5.82 Å². The van der Waals surface area contributed by atoms with Gasteiger partial charge in [-0.2, -0.15) is 0 Å². The van der Waals surface area contributed by atoms with E-state index in [0.717, 1.165) is 25.5 Å². The van der Waals surface area contributed by atoms with Crippen LogP contribution in [0.5, 0.6) is 0 Å². The van der Waals surface area contributed by atoms with E-state index < -0.39 is 10.0 Å². The summed E-state index contributed by atoms with van der Waals surface area (Å²) in [6.07, 6.45) is 3.67. The van der Waals surface area contributed by atoms with Crippen molar-refractivity contribution < 1.29 is 17.6 Å². The second kappa shape index (κ2) is 7.74. The largest absolute Gasteiger partial charge is 0.334 e. The summed E-state index contributed by atoms with van der Waals surface area (Å²) < 4.78 is 38.5. The third-order valence-corrected chi connectivity index (χ3v) is 4.55. The molecule has 0 unspecified atom stereocenters. The first-order valence-electron chi connectivity index (χ1n) is 7.59. The molecule has 0 aromatic heterocycles. The highest BCUT2D eigenvalue weighted by atomic mass is 32.2. The van der Waals surface area contributed by atoms with Gasteiger partial charge in [-0.25, -0.2) is 22.3 Å². The van der Waals surface area contributed by atoms with Crippen LogP contribution in [0.1, 0.15) is 24.8 Å². The number of hydrogen-bond donors (Lipinski definition) is 2. The number of benzene rings is 1. The average molecular weight is 343 g/mol. The van der Waals surface area contributed by atoms with Gasteiger partial charge in [0.25, 0.3) is 0 Å². The molecule has 0 saturated carbocycles. The fraction of sp³-hybridized carbons (Fsp3) is 0.533. The lowest BCUT2D eigenvalue weighted by Crippen LogP contribution is -2.52. The lowest BCUT2D eigenvalue weighted by atomic mass is 10.0. The number of piperidine rings is 1. The van der Waals surface area contributed by atoms with Gasteiger partial charge in [-0.05, 0) is 25.3 Å². The number of carbonyl (C=O) groups excluding carboxylic acids is 1. The van der Waals surface area contributed by atoms with Crippen LogP contribution in [0.25, 0.3) is 0 Å². The Hall–Kier alpha value is -1.67. The summed E-state index contributed by atoms with van der Waals surface area (Å²) >= 11 is 0. The molecule has 2 amide bonds. The van der Waals surface area contributed by atoms with Crippen molar-refractivity contribution in [3.63, 3.8) is 0 Å². The maximum absolute atomic E-state index is 13.6. The molecule has 8 heteroatoms. The summed E-state index contributed by atoms with van der Waals surface area (Å²) in [6, 6.07) is 5.80. The van der Waals surface area contributed by atoms with E-state index >= 15 is 0 Å². The molecule has 1 aliphatic heterocycles. The van der Waals surface area contributed by atoms with Gasteiger partial charge in [0.15, 0.2) is 0 Å². The van der Waals surface area contributed by atoms with Gasteiger partial charge in [-0.15, -0.1) is 0 Å². The number of nitrogens with zero attached hydrogens (tertiary/aromatic N) is 1. The maximum atomic E-state index is 13.6. The minimum Gasteiger partial charge on any atom is -0.334 e. The average Bonchev–Trinajstić information content (AvgIpc) is 2.51. The number of amides is 2. The maximum Gasteiger partial charge on any atom is 0.317 e. The van der Waals surface area contributed by atoms with Gasteiger partial charge in [0, 0.05) is 31.2 Å². The normalized spacial score (nSPS) is 18.7. The van der Waals surface area contributed by atoms with Gasteiger partial charge in [-0.1, -0.05) is 18.2 Å². The highest BCUT2D eigenvalue weighted by Crippen LogP contribution is 2.17. The predicted octanol–water partition coefficient (Wildman–Crippen LogP) is 1.44. The van der Waals surface area contributed by atoms with Crippen LogP contribution in [0.4, 0.5) is 9.18 Å². The van der Waals surface area contributed by atoms with Crippen molar-refractivity contribution in [2.24, 2.45) is 0 Å². The van der Waals surface area contributed by atoms with E-state index in [4.69, 9.17) is 0 Å². The lowest BCUT2D eigenvalue weighted by molar-refractivity contribution is 0.151. The van der Waals surface area contributed by atoms with Crippen molar-refractivity contribution in [3.05, 3.63) is 35.6 Å². The van der Waals surface area contributed by atoms with E-state index in [0.29, 0.717) is 12.1 Å². The number of carbonyl (C=O) groups is 1. The Morgan fingerprint density at radius 2 is 2.09 bits per heavy atom. The van der Waals surface area contributed by atoms with Gasteiger partial charge in [0.2, 0.25) is 10.0 Å². The molecule has 6 nitrogen and oxygen atoms in total. The molecular weight excluding hydrogens is 321 g/mol. The van der Waals surface area contributed by atoms with E-state index in [1.54, 1.807) is 23.1 Å². The first-order valence-corrected chi connectivity index (χ1v) is 9.48. The molecule has 1 aromatic carbocycles. The SMILES string of the molecule is CS(=O)(=O)NC[C@@H]1CCCCN1C(=O)NCc1ccccc1F. The monoisotopic (exact) mass is 343 g/mol. The van der Waals surface area contributed by atoms with Crippen LogP contribution in [-0.2, 0) is 16.6 Å². The third-order valence-electron chi connectivity index (χ3n) is 3.86. The fourth-order valence-corrected chi connectivity index (χ4v) is 3.14. The molecule has 1 aliphatic rings. The Morgan fingerprint density at radius 1 is 1.35 bits per heavy atom. The van der Waals surface area contributed by atoms with E-state index in [2.05, 4.69) is 10.0 Å². The Bertz CT molecular complexity index is 651. The number of nitrogens with one attached hydrogen (secondary N) is 2. The highest BCUT2D eigenvalue weighted by molar-refractivity contribution is 7.88. The molecule has 2 N–H and O–H groups in total. The standard InChI is InChI=1S/C15H22FN3O3S/c1-23(21,22)18-11-13-7-4-5-9-19(13)15(20)17-10-12-6-2-3-8-14(12)16/h2-3,6,8,13,18H,4-5,7,9-11H2,1H3,(H,17,20)/t13-/m0/s1. The van der Waals surface area contributed by atoms with Crippen LogP contribution in [0.2, 0.25) is 0 Å². The van der Waals surface area contributed by atoms with E-state index in [1.807, 2.05) is 0 Å². The zero-order valence-corrected chi connectivity index (χ0v) is 13.9. The van der Waals surface area contributed by atoms with E-state index in [1.165, 1.54) is 6.07 Å². The van der Waals surface area contributed by atoms with Crippen LogP contribution in [-0.4, -0.2) is 44.7 Å². The molecule has 1 atom stereocenters. The van der Waals surface area contributed by atoms with Crippen molar-refractivity contribution in [2.45, 2.75) is 31.8 Å². The zero-order valence-electron chi connectivity index (χ0n) is 13.1. The molecule has 0 bridgehead atoms. The summed E-state index contributed by atoms with van der Waals surface area (Å²) in [5.41, 5.74) is 0.420. The molecule has 1 saturated heterocycles. The molecule has 2 rings (SSSR count). The smallest absolute Gasteiger partial charge is 0.317 e. The number of likely N-dealkylation sites (tertiary alicyclic amines) is 1. The zero-order chi connectivity index (χ0) is 16.9. The first kappa shape index (κ1) is 17.7. The molecule has 0 spiro atoms. The molecule has 23 heavy (non-hydrogen) atoms. The van der Waals surface area contributed by atoms with Crippen molar-refractivity contribution in [2.75, 3.05) is 19.3 Å². The Kier molecular flexibility index (Phi) is 5.95. The number of urea groups is 1. The molecule has 0 radical (unpaired) electrons. The van der Waals surface area contributed by atoms with Gasteiger partial charge >= 0.3 is 6.03 Å². The minimum absolute atomic E-state index is 0.105. The fourth-order valence-electron chi connectivity index (χ4n) is 2.64. The third kappa shape index (κ3) is 5.47. The number of rotatable bonds is 5. The first-order chi connectivity index (χ1) is 10.9. The highest BCUT2D eigenvalue weighted by Gasteiger charge is 2.27. The van der Waals surface area contributed by atoms with Gasteiger partial charge < -0.3 is 10.2 Å². The van der Waals surface area contributed by atoms with Crippen LogP contribution >= 0.6 is 0 Å². The number of hydrogen-bond acceptors (Lipinski definition) is 3. The molecule has 128 valence electrons. The van der Waals surface area contributed by atoms with Crippen molar-refractivity contribution >= 4 is 16.1 Å². The van der Waals surface area contributed by atoms with Crippen LogP contribution < -0.4 is 10.0 Å². The summed E-state index contributed by atoms with van der Waals surface area (Å²) in [5, 5.41) is 2.71. The molecule has 1 heterocycles. The Balaban J connectivity index is 1.94. The predicted molar refractivity (Wildman–Crippen MR) is 85.8 cm³/mol. The number of halogens is 1. The summed E-state index contributed by atoms with van der Waals surface area (Å²) in [6.45, 7) is 0.874. The lowest BCUT2D eigenvalue weighted by Gasteiger charge is -2.35. The Morgan fingerprint density at radius 3 is 2.78 bits per heavy atom. The molecule has 1 fully saturated rings. The minimum atomic E-state index is -3.29.